The molecule has 252 valence electrons. The molecule has 5 heteroatoms. The van der Waals surface area contributed by atoms with Gasteiger partial charge in [-0.1, -0.05) is 146 Å². The van der Waals surface area contributed by atoms with Gasteiger partial charge in [0.2, 0.25) is 5.95 Å². The maximum atomic E-state index is 6.51. The first kappa shape index (κ1) is 30.3. The molecule has 0 atom stereocenters. The van der Waals surface area contributed by atoms with E-state index in [0.717, 1.165) is 87.9 Å². The lowest BCUT2D eigenvalue weighted by molar-refractivity contribution is 0.673. The molecule has 11 aromatic rings. The molecule has 0 aliphatic heterocycles. The number of para-hydroxylation sites is 3. The van der Waals surface area contributed by atoms with Gasteiger partial charge in [0.25, 0.3) is 0 Å². The maximum Gasteiger partial charge on any atom is 0.238 e. The molecule has 0 saturated carbocycles. The van der Waals surface area contributed by atoms with Gasteiger partial charge in [0.1, 0.15) is 11.2 Å². The van der Waals surface area contributed by atoms with Gasteiger partial charge in [0.05, 0.1) is 11.0 Å². The Bertz CT molecular complexity index is 3180. The molecule has 0 bridgehead atoms. The summed E-state index contributed by atoms with van der Waals surface area (Å²) in [5, 5.41) is 6.84. The first-order valence-electron chi connectivity index (χ1n) is 18.1. The highest BCUT2D eigenvalue weighted by atomic mass is 16.3. The molecule has 3 heterocycles. The smallest absolute Gasteiger partial charge is 0.238 e. The molecular formula is C49H30N4O. The summed E-state index contributed by atoms with van der Waals surface area (Å²) in [5.74, 6) is 1.81. The van der Waals surface area contributed by atoms with Gasteiger partial charge >= 0.3 is 0 Å². The van der Waals surface area contributed by atoms with E-state index in [1.807, 2.05) is 42.5 Å². The fourth-order valence-corrected chi connectivity index (χ4v) is 7.95. The molecule has 54 heavy (non-hydrogen) atoms. The van der Waals surface area contributed by atoms with E-state index in [1.54, 1.807) is 0 Å². The first-order valence-corrected chi connectivity index (χ1v) is 18.1. The molecule has 5 nitrogen and oxygen atoms in total. The van der Waals surface area contributed by atoms with Gasteiger partial charge in [-0.3, -0.25) is 4.57 Å². The summed E-state index contributed by atoms with van der Waals surface area (Å²) >= 11 is 0. The van der Waals surface area contributed by atoms with Crippen LogP contribution < -0.4 is 0 Å². The standard InChI is InChI=1S/C49H30N4O/c1-2-13-32(14-3-1)47-50-48(52-49(51-47)53-42-24-7-4-20-38(42)39-21-5-8-25-43(39)53)36-19-11-17-34(30-36)33-16-10-18-35(29-33)37-23-12-15-31-27-28-41-40-22-6-9-26-44(40)54-46(41)45(31)37/h1-30H. The fraction of sp³-hybridized carbons (Fsp3) is 0. The van der Waals surface area contributed by atoms with Crippen molar-refractivity contribution in [3.8, 4) is 51.0 Å². The monoisotopic (exact) mass is 690 g/mol. The van der Waals surface area contributed by atoms with Crippen LogP contribution >= 0.6 is 0 Å². The number of furan rings is 1. The van der Waals surface area contributed by atoms with Crippen LogP contribution in [0.1, 0.15) is 0 Å². The van der Waals surface area contributed by atoms with E-state index in [1.165, 1.54) is 0 Å². The van der Waals surface area contributed by atoms with E-state index in [9.17, 15) is 0 Å². The van der Waals surface area contributed by atoms with Crippen LogP contribution in [0.25, 0.3) is 105 Å². The zero-order valence-electron chi connectivity index (χ0n) is 29.0. The third-order valence-electron chi connectivity index (χ3n) is 10.5. The average molecular weight is 691 g/mol. The van der Waals surface area contributed by atoms with E-state index < -0.39 is 0 Å². The van der Waals surface area contributed by atoms with E-state index in [0.29, 0.717) is 17.6 Å². The van der Waals surface area contributed by atoms with Crippen molar-refractivity contribution in [1.82, 2.24) is 19.5 Å². The quantitative estimate of drug-likeness (QED) is 0.180. The molecular weight excluding hydrogens is 661 g/mol. The van der Waals surface area contributed by atoms with Gasteiger partial charge in [0, 0.05) is 38.1 Å². The topological polar surface area (TPSA) is 56.7 Å². The number of hydrogen-bond donors (Lipinski definition) is 0. The number of rotatable bonds is 5. The van der Waals surface area contributed by atoms with Crippen molar-refractivity contribution < 1.29 is 4.42 Å². The number of benzene rings is 8. The lowest BCUT2D eigenvalue weighted by atomic mass is 9.93. The second-order valence-electron chi connectivity index (χ2n) is 13.6. The minimum absolute atomic E-state index is 0.580. The second-order valence-corrected chi connectivity index (χ2v) is 13.6. The summed E-state index contributed by atoms with van der Waals surface area (Å²) in [6.07, 6.45) is 0. The highest BCUT2D eigenvalue weighted by Gasteiger charge is 2.18. The zero-order valence-corrected chi connectivity index (χ0v) is 29.0. The molecule has 0 spiro atoms. The van der Waals surface area contributed by atoms with Crippen LogP contribution in [-0.4, -0.2) is 19.5 Å². The Labute approximate surface area is 310 Å². The molecule has 8 aromatic carbocycles. The average Bonchev–Trinajstić information content (AvgIpc) is 3.80. The van der Waals surface area contributed by atoms with Crippen molar-refractivity contribution in [2.75, 3.05) is 0 Å². The molecule has 0 fully saturated rings. The van der Waals surface area contributed by atoms with Crippen LogP contribution in [0.2, 0.25) is 0 Å². The van der Waals surface area contributed by atoms with Gasteiger partial charge in [-0.25, -0.2) is 4.98 Å². The minimum atomic E-state index is 0.580. The van der Waals surface area contributed by atoms with Gasteiger partial charge < -0.3 is 4.42 Å². The van der Waals surface area contributed by atoms with Crippen molar-refractivity contribution in [3.63, 3.8) is 0 Å². The Hall–Kier alpha value is -7.37. The van der Waals surface area contributed by atoms with E-state index >= 15 is 0 Å². The fourth-order valence-electron chi connectivity index (χ4n) is 7.95. The van der Waals surface area contributed by atoms with Crippen LogP contribution in [0.5, 0.6) is 0 Å². The Balaban J connectivity index is 1.06. The minimum Gasteiger partial charge on any atom is -0.455 e. The van der Waals surface area contributed by atoms with E-state index in [2.05, 4.69) is 144 Å². The number of fused-ring (bicyclic) bond motifs is 8. The van der Waals surface area contributed by atoms with Crippen molar-refractivity contribution >= 4 is 54.5 Å². The molecule has 11 rings (SSSR count). The third kappa shape index (κ3) is 4.83. The van der Waals surface area contributed by atoms with Crippen molar-refractivity contribution in [2.24, 2.45) is 0 Å². The molecule has 3 aromatic heterocycles. The number of aromatic nitrogens is 4. The normalized spacial score (nSPS) is 11.7. The van der Waals surface area contributed by atoms with Gasteiger partial charge in [0.15, 0.2) is 11.6 Å². The summed E-state index contributed by atoms with van der Waals surface area (Å²) in [5.41, 5.74) is 10.2. The summed E-state index contributed by atoms with van der Waals surface area (Å²) in [4.78, 5) is 15.4. The van der Waals surface area contributed by atoms with Crippen molar-refractivity contribution in [2.45, 2.75) is 0 Å². The van der Waals surface area contributed by atoms with Crippen LogP contribution in [0.3, 0.4) is 0 Å². The lowest BCUT2D eigenvalue weighted by Gasteiger charge is -2.12. The third-order valence-corrected chi connectivity index (χ3v) is 10.5. The Kier molecular flexibility index (Phi) is 6.79. The molecule has 0 unspecified atom stereocenters. The Morgan fingerprint density at radius 3 is 1.72 bits per heavy atom. The van der Waals surface area contributed by atoms with Gasteiger partial charge in [-0.2, -0.15) is 9.97 Å². The van der Waals surface area contributed by atoms with Gasteiger partial charge in [-0.15, -0.1) is 0 Å². The predicted molar refractivity (Wildman–Crippen MR) is 221 cm³/mol. The highest BCUT2D eigenvalue weighted by molar-refractivity contribution is 6.19. The predicted octanol–water partition coefficient (Wildman–Crippen LogP) is 12.7. The summed E-state index contributed by atoms with van der Waals surface area (Å²) in [6.45, 7) is 0. The summed E-state index contributed by atoms with van der Waals surface area (Å²) in [6, 6.07) is 63.3. The van der Waals surface area contributed by atoms with Crippen LogP contribution in [-0.2, 0) is 0 Å². The Morgan fingerprint density at radius 1 is 0.389 bits per heavy atom. The van der Waals surface area contributed by atoms with Crippen LogP contribution in [0.15, 0.2) is 186 Å². The molecule has 0 N–H and O–H groups in total. The zero-order chi connectivity index (χ0) is 35.6. The largest absolute Gasteiger partial charge is 0.455 e. The van der Waals surface area contributed by atoms with Crippen LogP contribution in [0, 0.1) is 0 Å². The molecule has 0 amide bonds. The molecule has 0 radical (unpaired) electrons. The summed E-state index contributed by atoms with van der Waals surface area (Å²) < 4.78 is 8.66. The maximum absolute atomic E-state index is 6.51. The molecule has 0 saturated heterocycles. The van der Waals surface area contributed by atoms with Gasteiger partial charge in [-0.05, 0) is 64.0 Å². The van der Waals surface area contributed by atoms with Crippen LogP contribution in [0.4, 0.5) is 0 Å². The van der Waals surface area contributed by atoms with Crippen molar-refractivity contribution in [3.05, 3.63) is 182 Å². The first-order chi connectivity index (χ1) is 26.8. The number of nitrogens with zero attached hydrogens (tertiary/aromatic N) is 4. The second kappa shape index (κ2) is 12.1. The lowest BCUT2D eigenvalue weighted by Crippen LogP contribution is -2.06. The number of hydrogen-bond acceptors (Lipinski definition) is 4. The molecule has 0 aliphatic carbocycles. The Morgan fingerprint density at radius 2 is 0.963 bits per heavy atom. The summed E-state index contributed by atoms with van der Waals surface area (Å²) in [7, 11) is 0. The SMILES string of the molecule is c1ccc(-c2nc(-c3cccc(-c4cccc(-c5cccc6ccc7c8ccccc8oc7c56)c4)c3)nc(-n3c4ccccc4c4ccccc43)n2)cc1. The van der Waals surface area contributed by atoms with E-state index in [4.69, 9.17) is 19.4 Å². The van der Waals surface area contributed by atoms with Crippen molar-refractivity contribution in [1.29, 1.82) is 0 Å². The van der Waals surface area contributed by atoms with E-state index in [-0.39, 0.29) is 0 Å². The highest BCUT2D eigenvalue weighted by Crippen LogP contribution is 2.40. The molecule has 0 aliphatic rings.